The van der Waals surface area contributed by atoms with Gasteiger partial charge in [0.15, 0.2) is 5.54 Å². The first-order chi connectivity index (χ1) is 13.5. The molecule has 2 aromatic rings. The summed E-state index contributed by atoms with van der Waals surface area (Å²) < 4.78 is 43.3. The van der Waals surface area contributed by atoms with Gasteiger partial charge in [0, 0.05) is 10.5 Å². The average molecular weight is 484 g/mol. The van der Waals surface area contributed by atoms with Gasteiger partial charge in [-0.2, -0.15) is 23.7 Å². The number of alkyl halides is 3. The third kappa shape index (κ3) is 6.70. The molecule has 0 aliphatic carbocycles. The third-order valence-corrected chi connectivity index (χ3v) is 4.96. The Bertz CT molecular complexity index is 984. The Balaban J connectivity index is 2.07. The zero-order valence-corrected chi connectivity index (χ0v) is 17.3. The Morgan fingerprint density at radius 3 is 2.41 bits per heavy atom. The van der Waals surface area contributed by atoms with Gasteiger partial charge in [0.2, 0.25) is 0 Å². The van der Waals surface area contributed by atoms with E-state index in [-0.39, 0.29) is 28.8 Å². The number of nitriles is 2. The van der Waals surface area contributed by atoms with E-state index in [2.05, 4.69) is 21.2 Å². The van der Waals surface area contributed by atoms with Gasteiger partial charge in [-0.05, 0) is 77.1 Å². The highest BCUT2D eigenvalue weighted by atomic mass is 79.9. The zero-order chi connectivity index (χ0) is 21.7. The first kappa shape index (κ1) is 22.6. The van der Waals surface area contributed by atoms with Crippen molar-refractivity contribution < 1.29 is 22.7 Å². The van der Waals surface area contributed by atoms with Crippen LogP contribution in [-0.2, 0) is 0 Å². The molecular formula is C19H13BrF3N3O2S. The van der Waals surface area contributed by atoms with Crippen LogP contribution in [-0.4, -0.2) is 23.6 Å². The van der Waals surface area contributed by atoms with Crippen LogP contribution >= 0.6 is 27.7 Å². The number of thioether (sulfide) groups is 1. The van der Waals surface area contributed by atoms with Gasteiger partial charge in [0.05, 0.1) is 22.2 Å². The Morgan fingerprint density at radius 1 is 1.21 bits per heavy atom. The SMILES string of the molecule is CC(C#N)(COc1cc(C#N)ccc1Br)NC(=O)c1ccc(SC(F)(F)F)cc1. The van der Waals surface area contributed by atoms with Crippen molar-refractivity contribution in [1.82, 2.24) is 5.32 Å². The lowest BCUT2D eigenvalue weighted by Gasteiger charge is -2.24. The van der Waals surface area contributed by atoms with Gasteiger partial charge < -0.3 is 10.1 Å². The molecule has 1 amide bonds. The number of carbonyl (C=O) groups is 1. The molecule has 1 N–H and O–H groups in total. The predicted octanol–water partition coefficient (Wildman–Crippen LogP) is 5.02. The topological polar surface area (TPSA) is 85.9 Å². The second-order valence-electron chi connectivity index (χ2n) is 6.02. The molecule has 0 bridgehead atoms. The van der Waals surface area contributed by atoms with E-state index in [9.17, 15) is 23.2 Å². The molecule has 0 fully saturated rings. The number of ether oxygens (including phenoxy) is 1. The summed E-state index contributed by atoms with van der Waals surface area (Å²) in [4.78, 5) is 12.3. The maximum absolute atomic E-state index is 12.4. The fraction of sp³-hybridized carbons (Fsp3) is 0.211. The van der Waals surface area contributed by atoms with E-state index < -0.39 is 17.0 Å². The molecule has 2 rings (SSSR count). The minimum atomic E-state index is -4.42. The van der Waals surface area contributed by atoms with Crippen molar-refractivity contribution in [1.29, 1.82) is 10.5 Å². The Hall–Kier alpha value is -2.69. The third-order valence-electron chi connectivity index (χ3n) is 3.56. The average Bonchev–Trinajstić information content (AvgIpc) is 2.66. The number of amides is 1. The number of hydrogen-bond donors (Lipinski definition) is 1. The monoisotopic (exact) mass is 483 g/mol. The van der Waals surface area contributed by atoms with E-state index in [0.29, 0.717) is 15.8 Å². The molecule has 0 aromatic heterocycles. The lowest BCUT2D eigenvalue weighted by atomic mass is 10.1. The summed E-state index contributed by atoms with van der Waals surface area (Å²) in [5, 5.41) is 20.9. The molecule has 0 saturated carbocycles. The summed E-state index contributed by atoms with van der Waals surface area (Å²) in [7, 11) is 0. The van der Waals surface area contributed by atoms with Crippen LogP contribution in [0.2, 0.25) is 0 Å². The van der Waals surface area contributed by atoms with Crippen LogP contribution in [0.4, 0.5) is 13.2 Å². The largest absolute Gasteiger partial charge is 0.489 e. The summed E-state index contributed by atoms with van der Waals surface area (Å²) in [6.07, 6.45) is 0. The summed E-state index contributed by atoms with van der Waals surface area (Å²) in [6, 6.07) is 13.5. The molecule has 0 aliphatic heterocycles. The summed E-state index contributed by atoms with van der Waals surface area (Å²) >= 11 is 3.00. The molecule has 1 atom stereocenters. The minimum Gasteiger partial charge on any atom is -0.489 e. The van der Waals surface area contributed by atoms with Crippen LogP contribution in [0.3, 0.4) is 0 Å². The second-order valence-corrected chi connectivity index (χ2v) is 8.01. The first-order valence-electron chi connectivity index (χ1n) is 7.97. The Morgan fingerprint density at radius 2 is 1.86 bits per heavy atom. The fourth-order valence-corrected chi connectivity index (χ4v) is 3.03. The van der Waals surface area contributed by atoms with Crippen molar-refractivity contribution in [2.75, 3.05) is 6.61 Å². The number of nitrogens with one attached hydrogen (secondary N) is 1. The van der Waals surface area contributed by atoms with Crippen LogP contribution in [0.5, 0.6) is 5.75 Å². The molecular weight excluding hydrogens is 471 g/mol. The molecule has 29 heavy (non-hydrogen) atoms. The molecule has 150 valence electrons. The molecule has 2 aromatic carbocycles. The number of carbonyl (C=O) groups excluding carboxylic acids is 1. The number of hydrogen-bond acceptors (Lipinski definition) is 5. The van der Waals surface area contributed by atoms with Crippen LogP contribution < -0.4 is 10.1 Å². The fourth-order valence-electron chi connectivity index (χ4n) is 2.13. The molecule has 0 aliphatic rings. The summed E-state index contributed by atoms with van der Waals surface area (Å²) in [5.41, 5.74) is -5.37. The van der Waals surface area contributed by atoms with E-state index in [1.54, 1.807) is 12.1 Å². The van der Waals surface area contributed by atoms with Gasteiger partial charge >= 0.3 is 5.51 Å². The van der Waals surface area contributed by atoms with Crippen molar-refractivity contribution in [3.05, 3.63) is 58.1 Å². The van der Waals surface area contributed by atoms with E-state index in [1.165, 1.54) is 37.3 Å². The van der Waals surface area contributed by atoms with Crippen molar-refractivity contribution in [3.63, 3.8) is 0 Å². The quantitative estimate of drug-likeness (QED) is 0.582. The molecule has 10 heteroatoms. The maximum atomic E-state index is 12.4. The zero-order valence-electron chi connectivity index (χ0n) is 14.9. The van der Waals surface area contributed by atoms with E-state index >= 15 is 0 Å². The number of benzene rings is 2. The van der Waals surface area contributed by atoms with Crippen molar-refractivity contribution >= 4 is 33.6 Å². The van der Waals surface area contributed by atoms with Gasteiger partial charge in [0.25, 0.3) is 5.91 Å². The number of halogens is 4. The summed E-state index contributed by atoms with van der Waals surface area (Å²) in [5.74, 6) is -0.306. The Kier molecular flexibility index (Phi) is 7.17. The highest BCUT2D eigenvalue weighted by Crippen LogP contribution is 2.36. The molecule has 0 spiro atoms. The van der Waals surface area contributed by atoms with E-state index in [0.717, 1.165) is 0 Å². The second kappa shape index (κ2) is 9.21. The van der Waals surface area contributed by atoms with Crippen LogP contribution in [0.25, 0.3) is 0 Å². The van der Waals surface area contributed by atoms with Gasteiger partial charge in [-0.3, -0.25) is 4.79 Å². The lowest BCUT2D eigenvalue weighted by molar-refractivity contribution is -0.0328. The standard InChI is InChI=1S/C19H13BrF3N3O2S/c1-18(10-25,11-28-16-8-12(9-24)2-7-15(16)20)26-17(27)13-3-5-14(6-4-13)29-19(21,22)23/h2-8H,11H2,1H3,(H,26,27). The lowest BCUT2D eigenvalue weighted by Crippen LogP contribution is -2.49. The molecule has 0 radical (unpaired) electrons. The maximum Gasteiger partial charge on any atom is 0.446 e. The Labute approximate surface area is 177 Å². The van der Waals surface area contributed by atoms with Gasteiger partial charge in [-0.1, -0.05) is 0 Å². The molecule has 1 unspecified atom stereocenters. The predicted molar refractivity (Wildman–Crippen MR) is 104 cm³/mol. The van der Waals surface area contributed by atoms with Gasteiger partial charge in [-0.25, -0.2) is 0 Å². The number of rotatable bonds is 6. The van der Waals surface area contributed by atoms with Crippen molar-refractivity contribution in [2.24, 2.45) is 0 Å². The van der Waals surface area contributed by atoms with Crippen LogP contribution in [0, 0.1) is 22.7 Å². The highest BCUT2D eigenvalue weighted by Gasteiger charge is 2.30. The molecule has 0 heterocycles. The highest BCUT2D eigenvalue weighted by molar-refractivity contribution is 9.10. The smallest absolute Gasteiger partial charge is 0.446 e. The molecule has 0 saturated heterocycles. The van der Waals surface area contributed by atoms with Crippen molar-refractivity contribution in [3.8, 4) is 17.9 Å². The summed E-state index contributed by atoms with van der Waals surface area (Å²) in [6.45, 7) is 1.23. The van der Waals surface area contributed by atoms with Crippen molar-refractivity contribution in [2.45, 2.75) is 22.9 Å². The number of nitrogens with zero attached hydrogens (tertiary/aromatic N) is 2. The van der Waals surface area contributed by atoms with Gasteiger partial charge in [-0.15, -0.1) is 0 Å². The van der Waals surface area contributed by atoms with Crippen LogP contribution in [0.15, 0.2) is 51.8 Å². The van der Waals surface area contributed by atoms with Crippen LogP contribution in [0.1, 0.15) is 22.8 Å². The minimum absolute atomic E-state index is 0.0531. The molecule has 5 nitrogen and oxygen atoms in total. The van der Waals surface area contributed by atoms with Gasteiger partial charge in [0.1, 0.15) is 12.4 Å². The van der Waals surface area contributed by atoms with E-state index in [1.807, 2.05) is 12.1 Å². The first-order valence-corrected chi connectivity index (χ1v) is 9.58. The normalized spacial score (nSPS) is 12.9. The van der Waals surface area contributed by atoms with E-state index in [4.69, 9.17) is 10.00 Å².